The number of carbonyl (C=O) groups is 1. The number of sulfonamides is 1. The van der Waals surface area contributed by atoms with E-state index in [4.69, 9.17) is 26.8 Å². The summed E-state index contributed by atoms with van der Waals surface area (Å²) in [6.45, 7) is 3.49. The number of carbonyl (C=O) groups excluding carboxylic acids is 1. The van der Waals surface area contributed by atoms with Crippen LogP contribution in [0.4, 0.5) is 0 Å². The van der Waals surface area contributed by atoms with E-state index in [2.05, 4.69) is 4.72 Å². The second-order valence-electron chi connectivity index (χ2n) is 7.15. The molecule has 150 valence electrons. The van der Waals surface area contributed by atoms with Crippen molar-refractivity contribution in [2.24, 2.45) is 5.73 Å². The van der Waals surface area contributed by atoms with Gasteiger partial charge in [0.25, 0.3) is 5.91 Å². The molecule has 3 N–H and O–H groups in total. The fourth-order valence-corrected chi connectivity index (χ4v) is 4.39. The predicted molar refractivity (Wildman–Crippen MR) is 105 cm³/mol. The predicted octanol–water partition coefficient (Wildman–Crippen LogP) is 2.78. The molecule has 2 aromatic carbocycles. The number of nitrogens with two attached hydrogens (primary N) is 1. The second kappa shape index (κ2) is 7.62. The van der Waals surface area contributed by atoms with Crippen LogP contribution in [0.2, 0.25) is 5.02 Å². The van der Waals surface area contributed by atoms with Crippen LogP contribution < -0.4 is 19.9 Å². The summed E-state index contributed by atoms with van der Waals surface area (Å²) in [5, 5.41) is 0.458. The highest BCUT2D eigenvalue weighted by Crippen LogP contribution is 2.41. The van der Waals surface area contributed by atoms with Crippen LogP contribution in [0.15, 0.2) is 47.4 Å². The maximum absolute atomic E-state index is 12.8. The van der Waals surface area contributed by atoms with Crippen LogP contribution in [0.3, 0.4) is 0 Å². The smallest absolute Gasteiger partial charge is 0.255 e. The van der Waals surface area contributed by atoms with Crippen molar-refractivity contribution in [2.45, 2.75) is 36.8 Å². The van der Waals surface area contributed by atoms with Gasteiger partial charge in [-0.15, -0.1) is 0 Å². The lowest BCUT2D eigenvalue weighted by atomic mass is 9.90. The Bertz CT molecular complexity index is 990. The first-order chi connectivity index (χ1) is 13.1. The van der Waals surface area contributed by atoms with Gasteiger partial charge in [0.2, 0.25) is 10.0 Å². The van der Waals surface area contributed by atoms with Gasteiger partial charge < -0.3 is 15.2 Å². The number of primary amides is 1. The molecule has 1 atom stereocenters. The number of hydrogen-bond acceptors (Lipinski definition) is 5. The number of nitrogens with one attached hydrogen (secondary N) is 1. The first kappa shape index (κ1) is 20.4. The van der Waals surface area contributed by atoms with E-state index in [1.165, 1.54) is 24.3 Å². The Balaban J connectivity index is 1.90. The van der Waals surface area contributed by atoms with Crippen molar-refractivity contribution < 1.29 is 22.7 Å². The Morgan fingerprint density at radius 2 is 1.96 bits per heavy atom. The van der Waals surface area contributed by atoms with Crippen molar-refractivity contribution in [3.8, 4) is 11.5 Å². The number of ether oxygens (including phenoxy) is 2. The minimum atomic E-state index is -3.76. The Morgan fingerprint density at radius 3 is 2.61 bits per heavy atom. The van der Waals surface area contributed by atoms with Gasteiger partial charge in [0.15, 0.2) is 6.61 Å². The molecule has 0 spiro atoms. The van der Waals surface area contributed by atoms with Crippen LogP contribution in [-0.4, -0.2) is 26.5 Å². The summed E-state index contributed by atoms with van der Waals surface area (Å²) in [6.07, 6.45) is 0.439. The van der Waals surface area contributed by atoms with E-state index < -0.39 is 27.6 Å². The molecule has 1 unspecified atom stereocenters. The first-order valence-electron chi connectivity index (χ1n) is 8.58. The molecule has 0 saturated carbocycles. The van der Waals surface area contributed by atoms with Gasteiger partial charge in [0.1, 0.15) is 17.1 Å². The zero-order valence-electron chi connectivity index (χ0n) is 15.4. The van der Waals surface area contributed by atoms with Crippen molar-refractivity contribution in [1.29, 1.82) is 0 Å². The van der Waals surface area contributed by atoms with Crippen LogP contribution >= 0.6 is 11.6 Å². The Hall–Kier alpha value is -2.29. The van der Waals surface area contributed by atoms with Gasteiger partial charge in [0.05, 0.1) is 10.9 Å². The van der Waals surface area contributed by atoms with Gasteiger partial charge in [-0.2, -0.15) is 0 Å². The highest BCUT2D eigenvalue weighted by Gasteiger charge is 2.36. The topological polar surface area (TPSA) is 108 Å². The number of rotatable bonds is 6. The Kier molecular flexibility index (Phi) is 5.56. The number of benzene rings is 2. The van der Waals surface area contributed by atoms with Crippen LogP contribution in [0.25, 0.3) is 0 Å². The zero-order chi connectivity index (χ0) is 20.5. The van der Waals surface area contributed by atoms with Crippen LogP contribution in [0, 0.1) is 0 Å². The summed E-state index contributed by atoms with van der Waals surface area (Å²) in [5.74, 6) is 0.309. The third-order valence-corrected chi connectivity index (χ3v) is 5.98. The minimum Gasteiger partial charge on any atom is -0.487 e. The van der Waals surface area contributed by atoms with Gasteiger partial charge in [-0.25, -0.2) is 13.1 Å². The molecule has 1 aliphatic rings. The Morgan fingerprint density at radius 1 is 1.29 bits per heavy atom. The molecule has 0 aliphatic carbocycles. The zero-order valence-corrected chi connectivity index (χ0v) is 17.0. The van der Waals surface area contributed by atoms with E-state index in [0.29, 0.717) is 28.5 Å². The normalized spacial score (nSPS) is 18.0. The van der Waals surface area contributed by atoms with Gasteiger partial charge in [-0.3, -0.25) is 4.79 Å². The van der Waals surface area contributed by atoms with Gasteiger partial charge in [-0.05, 0) is 44.2 Å². The number of halogens is 1. The molecule has 9 heteroatoms. The molecular weight excluding hydrogens is 404 g/mol. The van der Waals surface area contributed by atoms with Crippen molar-refractivity contribution >= 4 is 27.5 Å². The molecule has 1 heterocycles. The van der Waals surface area contributed by atoms with Crippen LogP contribution in [-0.2, 0) is 14.8 Å². The third-order valence-electron chi connectivity index (χ3n) is 4.24. The first-order valence-corrected chi connectivity index (χ1v) is 10.4. The van der Waals surface area contributed by atoms with E-state index in [-0.39, 0.29) is 11.5 Å². The monoisotopic (exact) mass is 424 g/mol. The summed E-state index contributed by atoms with van der Waals surface area (Å²) >= 11 is 5.85. The van der Waals surface area contributed by atoms with Crippen molar-refractivity contribution in [2.75, 3.05) is 6.61 Å². The van der Waals surface area contributed by atoms with E-state index in [1.807, 2.05) is 13.8 Å². The maximum Gasteiger partial charge on any atom is 0.255 e. The summed E-state index contributed by atoms with van der Waals surface area (Å²) in [5.41, 5.74) is 5.17. The summed E-state index contributed by atoms with van der Waals surface area (Å²) in [6, 6.07) is 10.5. The molecule has 0 saturated heterocycles. The lowest BCUT2D eigenvalue weighted by Gasteiger charge is -2.37. The maximum atomic E-state index is 12.8. The fraction of sp³-hybridized carbons (Fsp3) is 0.316. The molecule has 1 amide bonds. The van der Waals surface area contributed by atoms with Crippen molar-refractivity contribution in [3.05, 3.63) is 53.1 Å². The van der Waals surface area contributed by atoms with Gasteiger partial charge in [0, 0.05) is 23.1 Å². The van der Waals surface area contributed by atoms with Gasteiger partial charge >= 0.3 is 0 Å². The van der Waals surface area contributed by atoms with Crippen molar-refractivity contribution in [1.82, 2.24) is 4.72 Å². The van der Waals surface area contributed by atoms with Crippen molar-refractivity contribution in [3.63, 3.8) is 0 Å². The highest BCUT2D eigenvalue weighted by molar-refractivity contribution is 7.89. The summed E-state index contributed by atoms with van der Waals surface area (Å²) < 4.78 is 39.7. The quantitative estimate of drug-likeness (QED) is 0.741. The summed E-state index contributed by atoms with van der Waals surface area (Å²) in [4.78, 5) is 11.0. The number of fused-ring (bicyclic) bond motifs is 1. The molecule has 0 radical (unpaired) electrons. The second-order valence-corrected chi connectivity index (χ2v) is 9.30. The fourth-order valence-electron chi connectivity index (χ4n) is 3.05. The molecule has 28 heavy (non-hydrogen) atoms. The molecule has 0 fully saturated rings. The Labute approximate surface area is 168 Å². The molecule has 3 rings (SSSR count). The van der Waals surface area contributed by atoms with Gasteiger partial charge in [-0.1, -0.05) is 17.7 Å². The van der Waals surface area contributed by atoms with Crippen LogP contribution in [0.1, 0.15) is 31.9 Å². The number of hydrogen-bond donors (Lipinski definition) is 2. The van der Waals surface area contributed by atoms with E-state index in [9.17, 15) is 13.2 Å². The standard InChI is InChI=1S/C19H21ClN2O5S/c1-19(2)10-16(22-28(24,25)14-6-3-12(20)4-7-14)15-8-5-13(9-17(15)27-19)26-11-18(21)23/h3-9,16,22H,10-11H2,1-2H3,(H2,21,23). The third kappa shape index (κ3) is 4.76. The highest BCUT2D eigenvalue weighted by atomic mass is 35.5. The van der Waals surface area contributed by atoms with E-state index in [1.54, 1.807) is 18.2 Å². The van der Waals surface area contributed by atoms with Crippen LogP contribution in [0.5, 0.6) is 11.5 Å². The minimum absolute atomic E-state index is 0.129. The lowest BCUT2D eigenvalue weighted by Crippen LogP contribution is -2.41. The van der Waals surface area contributed by atoms with E-state index >= 15 is 0 Å². The lowest BCUT2D eigenvalue weighted by molar-refractivity contribution is -0.119. The largest absolute Gasteiger partial charge is 0.487 e. The SMILES string of the molecule is CC1(C)CC(NS(=O)(=O)c2ccc(Cl)cc2)c2ccc(OCC(N)=O)cc2O1. The average molecular weight is 425 g/mol. The molecule has 0 bridgehead atoms. The molecular formula is C19H21ClN2O5S. The number of amides is 1. The molecule has 0 aromatic heterocycles. The van der Waals surface area contributed by atoms with E-state index in [0.717, 1.165) is 0 Å². The average Bonchev–Trinajstić information content (AvgIpc) is 2.58. The summed E-state index contributed by atoms with van der Waals surface area (Å²) in [7, 11) is -3.76. The molecule has 2 aromatic rings. The molecule has 7 nitrogen and oxygen atoms in total. The molecule has 1 aliphatic heterocycles.